The van der Waals surface area contributed by atoms with Crippen LogP contribution in [0.3, 0.4) is 0 Å². The summed E-state index contributed by atoms with van der Waals surface area (Å²) in [6.07, 6.45) is 1.10. The van der Waals surface area contributed by atoms with E-state index in [1.807, 2.05) is 0 Å². The van der Waals surface area contributed by atoms with Crippen LogP contribution in [0.25, 0.3) is 0 Å². The predicted octanol–water partition coefficient (Wildman–Crippen LogP) is 0.211. The molecule has 0 saturated carbocycles. The summed E-state index contributed by atoms with van der Waals surface area (Å²) in [5, 5.41) is 8.97. The zero-order valence-electron chi connectivity index (χ0n) is 10.8. The molecule has 0 atom stereocenters. The normalized spacial score (nSPS) is 17.6. The first kappa shape index (κ1) is 14.5. The Morgan fingerprint density at radius 2 is 1.78 bits per heavy atom. The Balaban J connectivity index is 2.51. The van der Waals surface area contributed by atoms with E-state index in [4.69, 9.17) is 10.8 Å². The van der Waals surface area contributed by atoms with Crippen LogP contribution in [0, 0.1) is 11.3 Å². The summed E-state index contributed by atoms with van der Waals surface area (Å²) < 4.78 is 0. The van der Waals surface area contributed by atoms with E-state index in [1.54, 1.807) is 4.90 Å². The Bertz CT molecular complexity index is 357. The molecular formula is C12H20N2O4. The van der Waals surface area contributed by atoms with Gasteiger partial charge in [-0.15, -0.1) is 0 Å². The second kappa shape index (κ2) is 5.37. The number of hydrogen-bond donors (Lipinski definition) is 2. The Labute approximate surface area is 106 Å². The molecule has 0 aromatic heterocycles. The molecule has 0 bridgehead atoms. The lowest BCUT2D eigenvalue weighted by Gasteiger charge is -2.32. The summed E-state index contributed by atoms with van der Waals surface area (Å²) in [5.41, 5.74) is 4.15. The molecule has 2 amide bonds. The van der Waals surface area contributed by atoms with Gasteiger partial charge in [-0.05, 0) is 26.7 Å². The quantitative estimate of drug-likeness (QED) is 0.750. The van der Waals surface area contributed by atoms with Crippen molar-refractivity contribution < 1.29 is 19.5 Å². The van der Waals surface area contributed by atoms with Gasteiger partial charge in [0.05, 0.1) is 5.41 Å². The van der Waals surface area contributed by atoms with Crippen LogP contribution in [-0.2, 0) is 14.4 Å². The fraction of sp³-hybridized carbons (Fsp3) is 0.750. The van der Waals surface area contributed by atoms with Crippen molar-refractivity contribution in [1.29, 1.82) is 0 Å². The third kappa shape index (κ3) is 3.45. The lowest BCUT2D eigenvalue weighted by molar-refractivity contribution is -0.151. The van der Waals surface area contributed by atoms with E-state index < -0.39 is 11.4 Å². The van der Waals surface area contributed by atoms with Crippen LogP contribution in [0.15, 0.2) is 0 Å². The predicted molar refractivity (Wildman–Crippen MR) is 64.5 cm³/mol. The van der Waals surface area contributed by atoms with Gasteiger partial charge in [-0.2, -0.15) is 0 Å². The number of likely N-dealkylation sites (tertiary alicyclic amines) is 1. The number of carbonyl (C=O) groups is 3. The summed E-state index contributed by atoms with van der Waals surface area (Å²) >= 11 is 0. The van der Waals surface area contributed by atoms with Crippen molar-refractivity contribution in [2.24, 2.45) is 17.1 Å². The van der Waals surface area contributed by atoms with E-state index in [0.29, 0.717) is 25.9 Å². The Morgan fingerprint density at radius 1 is 1.28 bits per heavy atom. The minimum Gasteiger partial charge on any atom is -0.481 e. The summed E-state index contributed by atoms with van der Waals surface area (Å²) in [6.45, 7) is 4.01. The Kier molecular flexibility index (Phi) is 4.32. The molecule has 0 spiro atoms. The van der Waals surface area contributed by atoms with E-state index in [2.05, 4.69) is 0 Å². The third-order valence-electron chi connectivity index (χ3n) is 3.42. The number of amides is 2. The van der Waals surface area contributed by atoms with Crippen LogP contribution in [0.1, 0.15) is 33.1 Å². The fourth-order valence-corrected chi connectivity index (χ4v) is 1.98. The van der Waals surface area contributed by atoms with Gasteiger partial charge in [0.2, 0.25) is 11.8 Å². The van der Waals surface area contributed by atoms with E-state index in [9.17, 15) is 14.4 Å². The molecule has 1 saturated heterocycles. The van der Waals surface area contributed by atoms with Crippen LogP contribution in [0.4, 0.5) is 0 Å². The number of piperidine rings is 1. The van der Waals surface area contributed by atoms with Gasteiger partial charge in [0.1, 0.15) is 0 Å². The first-order valence-electron chi connectivity index (χ1n) is 6.04. The van der Waals surface area contributed by atoms with Crippen molar-refractivity contribution in [3.8, 4) is 0 Å². The molecule has 1 rings (SSSR count). The SMILES string of the molecule is CC(C)(CC(=O)N1CCC(C(N)=O)CC1)C(=O)O. The fourth-order valence-electron chi connectivity index (χ4n) is 1.98. The number of primary amides is 1. The molecule has 1 heterocycles. The maximum atomic E-state index is 11.9. The van der Waals surface area contributed by atoms with Crippen LogP contribution < -0.4 is 5.73 Å². The molecular weight excluding hydrogens is 236 g/mol. The average molecular weight is 256 g/mol. The summed E-state index contributed by atoms with van der Waals surface area (Å²) in [7, 11) is 0. The summed E-state index contributed by atoms with van der Waals surface area (Å²) in [5.74, 6) is -1.65. The zero-order chi connectivity index (χ0) is 13.9. The van der Waals surface area contributed by atoms with Crippen LogP contribution >= 0.6 is 0 Å². The molecule has 1 aliphatic rings. The number of aliphatic carboxylic acids is 1. The van der Waals surface area contributed by atoms with Crippen molar-refractivity contribution in [2.75, 3.05) is 13.1 Å². The highest BCUT2D eigenvalue weighted by molar-refractivity contribution is 5.84. The van der Waals surface area contributed by atoms with Crippen LogP contribution in [0.2, 0.25) is 0 Å². The highest BCUT2D eigenvalue weighted by atomic mass is 16.4. The third-order valence-corrected chi connectivity index (χ3v) is 3.42. The molecule has 0 aromatic rings. The van der Waals surface area contributed by atoms with Crippen molar-refractivity contribution in [3.05, 3.63) is 0 Å². The van der Waals surface area contributed by atoms with Gasteiger partial charge in [-0.3, -0.25) is 14.4 Å². The summed E-state index contributed by atoms with van der Waals surface area (Å²) in [6, 6.07) is 0. The maximum Gasteiger partial charge on any atom is 0.309 e. The number of nitrogens with two attached hydrogens (primary N) is 1. The van der Waals surface area contributed by atoms with Gasteiger partial charge in [-0.1, -0.05) is 0 Å². The second-order valence-corrected chi connectivity index (χ2v) is 5.42. The monoisotopic (exact) mass is 256 g/mol. The molecule has 6 nitrogen and oxygen atoms in total. The first-order valence-corrected chi connectivity index (χ1v) is 6.04. The molecule has 1 aliphatic heterocycles. The molecule has 0 radical (unpaired) electrons. The topological polar surface area (TPSA) is 101 Å². The van der Waals surface area contributed by atoms with Gasteiger partial charge in [0.25, 0.3) is 0 Å². The molecule has 0 unspecified atom stereocenters. The highest BCUT2D eigenvalue weighted by Crippen LogP contribution is 2.24. The number of hydrogen-bond acceptors (Lipinski definition) is 3. The highest BCUT2D eigenvalue weighted by Gasteiger charge is 2.33. The first-order chi connectivity index (χ1) is 8.24. The minimum atomic E-state index is -1.06. The smallest absolute Gasteiger partial charge is 0.309 e. The molecule has 6 heteroatoms. The van der Waals surface area contributed by atoms with Crippen LogP contribution in [-0.4, -0.2) is 40.9 Å². The van der Waals surface area contributed by atoms with Gasteiger partial charge < -0.3 is 15.7 Å². The van der Waals surface area contributed by atoms with Crippen molar-refractivity contribution in [1.82, 2.24) is 4.90 Å². The molecule has 3 N–H and O–H groups in total. The molecule has 0 aromatic carbocycles. The Hall–Kier alpha value is -1.59. The minimum absolute atomic E-state index is 0.0242. The van der Waals surface area contributed by atoms with E-state index >= 15 is 0 Å². The Morgan fingerprint density at radius 3 is 2.17 bits per heavy atom. The zero-order valence-corrected chi connectivity index (χ0v) is 10.8. The molecule has 102 valence electrons. The molecule has 18 heavy (non-hydrogen) atoms. The van der Waals surface area contributed by atoms with Gasteiger partial charge in [-0.25, -0.2) is 0 Å². The van der Waals surface area contributed by atoms with Gasteiger partial charge in [0.15, 0.2) is 0 Å². The number of nitrogens with zero attached hydrogens (tertiary/aromatic N) is 1. The van der Waals surface area contributed by atoms with Crippen molar-refractivity contribution in [3.63, 3.8) is 0 Å². The van der Waals surface area contributed by atoms with E-state index in [1.165, 1.54) is 13.8 Å². The molecule has 0 aliphatic carbocycles. The lowest BCUT2D eigenvalue weighted by Crippen LogP contribution is -2.43. The van der Waals surface area contributed by atoms with Crippen LogP contribution in [0.5, 0.6) is 0 Å². The molecule has 1 fully saturated rings. The lowest BCUT2D eigenvalue weighted by atomic mass is 9.88. The number of carboxylic acid groups (broad SMARTS) is 1. The number of carboxylic acids is 1. The number of carbonyl (C=O) groups excluding carboxylic acids is 2. The summed E-state index contributed by atoms with van der Waals surface area (Å²) in [4.78, 5) is 35.5. The van der Waals surface area contributed by atoms with Gasteiger partial charge >= 0.3 is 5.97 Å². The van der Waals surface area contributed by atoms with Crippen molar-refractivity contribution >= 4 is 17.8 Å². The largest absolute Gasteiger partial charge is 0.481 e. The standard InChI is InChI=1S/C12H20N2O4/c1-12(2,11(17)18)7-9(15)14-5-3-8(4-6-14)10(13)16/h8H,3-7H2,1-2H3,(H2,13,16)(H,17,18). The van der Waals surface area contributed by atoms with Gasteiger partial charge in [0, 0.05) is 25.4 Å². The maximum absolute atomic E-state index is 11.9. The second-order valence-electron chi connectivity index (χ2n) is 5.42. The van der Waals surface area contributed by atoms with Crippen molar-refractivity contribution in [2.45, 2.75) is 33.1 Å². The van der Waals surface area contributed by atoms with E-state index in [-0.39, 0.29) is 24.2 Å². The average Bonchev–Trinajstić information content (AvgIpc) is 2.28. The van der Waals surface area contributed by atoms with E-state index in [0.717, 1.165) is 0 Å². The number of rotatable bonds is 4.